The van der Waals surface area contributed by atoms with Crippen LogP contribution in [0.1, 0.15) is 94.1 Å². The molecule has 2 saturated heterocycles. The van der Waals surface area contributed by atoms with Gasteiger partial charge in [-0.05, 0) is 67.5 Å². The first-order valence-corrected chi connectivity index (χ1v) is 23.2. The summed E-state index contributed by atoms with van der Waals surface area (Å²) in [6, 6.07) is 7.09. The van der Waals surface area contributed by atoms with Crippen LogP contribution in [0.5, 0.6) is 0 Å². The number of imide groups is 2. The molecule has 1 unspecified atom stereocenters. The van der Waals surface area contributed by atoms with E-state index in [1.165, 1.54) is 6.07 Å². The normalized spacial score (nSPS) is 18.5. The number of fused-ring (bicyclic) bond motifs is 3. The van der Waals surface area contributed by atoms with Gasteiger partial charge in [0, 0.05) is 99.6 Å². The smallest absolute Gasteiger partial charge is 0.317 e. The summed E-state index contributed by atoms with van der Waals surface area (Å²) in [6.07, 6.45) is 4.42. The third kappa shape index (κ3) is 9.15. The number of nitrogens with one attached hydrogen (secondary N) is 3. The van der Waals surface area contributed by atoms with Gasteiger partial charge in [-0.25, -0.2) is 13.6 Å². The van der Waals surface area contributed by atoms with Gasteiger partial charge in [0.05, 0.1) is 62.8 Å². The van der Waals surface area contributed by atoms with Crippen molar-refractivity contribution >= 4 is 52.8 Å². The second-order valence-electron chi connectivity index (χ2n) is 17.6. The maximum Gasteiger partial charge on any atom is 0.317 e. The maximum absolute atomic E-state index is 14.7. The fourth-order valence-corrected chi connectivity index (χ4v) is 10.1. The first kappa shape index (κ1) is 46.4. The molecular weight excluding hydrogens is 885 g/mol. The minimum absolute atomic E-state index is 0.00292. The second-order valence-corrected chi connectivity index (χ2v) is 17.6. The zero-order chi connectivity index (χ0) is 47.6. The van der Waals surface area contributed by atoms with Crippen molar-refractivity contribution in [3.63, 3.8) is 0 Å². The van der Waals surface area contributed by atoms with Gasteiger partial charge in [0.2, 0.25) is 17.7 Å². The molecule has 3 N–H and O–H groups in total. The van der Waals surface area contributed by atoms with Gasteiger partial charge in [-0.2, -0.15) is 10.2 Å². The molecule has 1 atom stereocenters. The minimum Gasteiger partial charge on any atom is -0.382 e. The lowest BCUT2D eigenvalue weighted by molar-refractivity contribution is -0.136. The number of ether oxygens (including phenoxy) is 2. The fourth-order valence-electron chi connectivity index (χ4n) is 10.1. The molecule has 0 spiro atoms. The van der Waals surface area contributed by atoms with Crippen molar-refractivity contribution in [3.8, 4) is 11.1 Å². The van der Waals surface area contributed by atoms with Crippen molar-refractivity contribution in [2.24, 2.45) is 7.05 Å². The van der Waals surface area contributed by atoms with E-state index in [0.29, 0.717) is 86.9 Å². The van der Waals surface area contributed by atoms with Crippen LogP contribution in [0.15, 0.2) is 42.7 Å². The van der Waals surface area contributed by atoms with Gasteiger partial charge in [0.25, 0.3) is 18.2 Å². The largest absolute Gasteiger partial charge is 0.382 e. The fraction of sp³-hybridized carbons (Fsp3) is 0.489. The molecule has 7 heterocycles. The molecule has 2 fully saturated rings. The molecule has 19 nitrogen and oxygen atoms in total. The lowest BCUT2D eigenvalue weighted by atomic mass is 9.92. The first-order valence-electron chi connectivity index (χ1n) is 23.2. The number of amides is 7. The number of anilines is 3. The molecule has 360 valence electrons. The summed E-state index contributed by atoms with van der Waals surface area (Å²) in [6.45, 7) is 3.86. The summed E-state index contributed by atoms with van der Waals surface area (Å²) in [7, 11) is 3.36. The molecule has 5 aliphatic heterocycles. The number of hydrogen-bond donors (Lipinski definition) is 3. The Bertz CT molecular complexity index is 2620. The molecule has 5 aliphatic rings. The molecule has 21 heteroatoms. The van der Waals surface area contributed by atoms with E-state index in [2.05, 4.69) is 25.7 Å². The summed E-state index contributed by atoms with van der Waals surface area (Å²) in [5.41, 5.74) is 5.42. The number of likely N-dealkylation sites (tertiary alicyclic amines) is 1. The van der Waals surface area contributed by atoms with E-state index in [-0.39, 0.29) is 80.4 Å². The molecule has 68 heavy (non-hydrogen) atoms. The number of nitrogens with zero attached hydrogens (tertiary/aromatic N) is 8. The van der Waals surface area contributed by atoms with E-state index in [0.717, 1.165) is 34.6 Å². The summed E-state index contributed by atoms with van der Waals surface area (Å²) < 4.78 is 44.5. The quantitative estimate of drug-likeness (QED) is 0.114. The van der Waals surface area contributed by atoms with E-state index in [1.54, 1.807) is 54.3 Å². The Kier molecular flexibility index (Phi) is 13.5. The number of halogens is 2. The zero-order valence-electron chi connectivity index (χ0n) is 38.1. The standard InChI is InChI=1S/C47H55F2N11O8/c1-50-47(66)57-18-12-36-34(27-57)43(58-15-4-5-28-23-32(29-25-52-55(2)26-29)33(42(48)49)24-38(28)58)54-60(36)30-10-16-56(17-11-30)40(62)13-19-67-21-22-68-20-14-51-35-7-3-6-31-41(35)46(65)59(45(31)64)37-8-9-39(61)53-44(37)63/h3,6-7,23-26,30,37,42,51H,4-5,8-22,27H2,1-2H3,(H,50,66)(H,53,61,63). The van der Waals surface area contributed by atoms with Crippen LogP contribution in [0.25, 0.3) is 11.1 Å². The van der Waals surface area contributed by atoms with Crippen LogP contribution in [-0.2, 0) is 50.3 Å². The van der Waals surface area contributed by atoms with Crippen LogP contribution in [0.3, 0.4) is 0 Å². The highest BCUT2D eigenvalue weighted by Crippen LogP contribution is 2.44. The molecule has 0 saturated carbocycles. The number of carbonyl (C=O) groups is 6. The highest BCUT2D eigenvalue weighted by molar-refractivity contribution is 6.25. The highest BCUT2D eigenvalue weighted by atomic mass is 19.3. The number of aryl methyl sites for hydroxylation is 2. The van der Waals surface area contributed by atoms with Crippen molar-refractivity contribution in [2.75, 3.05) is 76.4 Å². The van der Waals surface area contributed by atoms with Crippen molar-refractivity contribution in [1.82, 2.24) is 44.9 Å². The highest BCUT2D eigenvalue weighted by Gasteiger charge is 2.46. The zero-order valence-corrected chi connectivity index (χ0v) is 38.1. The summed E-state index contributed by atoms with van der Waals surface area (Å²) >= 11 is 0. The van der Waals surface area contributed by atoms with Crippen LogP contribution in [0, 0.1) is 0 Å². The van der Waals surface area contributed by atoms with Gasteiger partial charge in [0.1, 0.15) is 6.04 Å². The Morgan fingerprint density at radius 1 is 0.912 bits per heavy atom. The van der Waals surface area contributed by atoms with Crippen LogP contribution in [-0.4, -0.2) is 142 Å². The van der Waals surface area contributed by atoms with Crippen molar-refractivity contribution in [1.29, 1.82) is 0 Å². The van der Waals surface area contributed by atoms with Crippen LogP contribution in [0.4, 0.5) is 30.8 Å². The number of piperidine rings is 2. The van der Waals surface area contributed by atoms with Gasteiger partial charge >= 0.3 is 6.03 Å². The van der Waals surface area contributed by atoms with Gasteiger partial charge in [-0.15, -0.1) is 0 Å². The van der Waals surface area contributed by atoms with E-state index >= 15 is 0 Å². The predicted octanol–water partition coefficient (Wildman–Crippen LogP) is 4.10. The van der Waals surface area contributed by atoms with E-state index in [9.17, 15) is 37.5 Å². The molecular formula is C47H55F2N11O8. The molecule has 9 rings (SSSR count). The molecule has 2 aromatic heterocycles. The number of carbonyl (C=O) groups excluding carboxylic acids is 6. The minimum atomic E-state index is -2.71. The Morgan fingerprint density at radius 3 is 2.44 bits per heavy atom. The lowest BCUT2D eigenvalue weighted by Gasteiger charge is -2.34. The molecule has 2 aromatic carbocycles. The average Bonchev–Trinajstić information content (AvgIpc) is 4.03. The van der Waals surface area contributed by atoms with Crippen molar-refractivity contribution in [2.45, 2.75) is 76.4 Å². The Hall–Kier alpha value is -6.74. The number of hydrogen-bond acceptors (Lipinski definition) is 12. The Labute approximate surface area is 391 Å². The number of benzene rings is 2. The van der Waals surface area contributed by atoms with Gasteiger partial charge in [-0.1, -0.05) is 6.07 Å². The number of aromatic nitrogens is 4. The second kappa shape index (κ2) is 19.8. The molecule has 0 bridgehead atoms. The number of urea groups is 1. The molecule has 0 aliphatic carbocycles. The SMILES string of the molecule is CNC(=O)N1CCc2c(c(N3CCCc4cc(-c5cnn(C)c5)c(C(F)F)cc43)nn2C2CCN(C(=O)CCOCCOCCNc3cccc4c3C(=O)N(C3CCC(=O)NC3=O)C4=O)CC2)C1. The lowest BCUT2D eigenvalue weighted by Crippen LogP contribution is -2.54. The molecule has 7 amide bonds. The van der Waals surface area contributed by atoms with Gasteiger partial charge < -0.3 is 34.8 Å². The number of rotatable bonds is 15. The Morgan fingerprint density at radius 2 is 1.71 bits per heavy atom. The maximum atomic E-state index is 14.7. The molecule has 0 radical (unpaired) electrons. The third-order valence-corrected chi connectivity index (χ3v) is 13.5. The summed E-state index contributed by atoms with van der Waals surface area (Å²) in [5.74, 6) is -1.61. The van der Waals surface area contributed by atoms with Crippen LogP contribution >= 0.6 is 0 Å². The first-order chi connectivity index (χ1) is 32.9. The van der Waals surface area contributed by atoms with Crippen molar-refractivity contribution in [3.05, 3.63) is 76.2 Å². The van der Waals surface area contributed by atoms with Crippen molar-refractivity contribution < 1.29 is 47.0 Å². The average molecular weight is 940 g/mol. The Balaban J connectivity index is 0.760. The summed E-state index contributed by atoms with van der Waals surface area (Å²) in [5, 5.41) is 17.5. The van der Waals surface area contributed by atoms with E-state index in [1.807, 2.05) is 15.9 Å². The third-order valence-electron chi connectivity index (χ3n) is 13.5. The summed E-state index contributed by atoms with van der Waals surface area (Å²) in [4.78, 5) is 83.2. The molecule has 4 aromatic rings. The van der Waals surface area contributed by atoms with E-state index < -0.39 is 36.1 Å². The van der Waals surface area contributed by atoms with E-state index in [4.69, 9.17) is 14.6 Å². The number of alkyl halides is 2. The monoisotopic (exact) mass is 939 g/mol. The van der Waals surface area contributed by atoms with Crippen LogP contribution < -0.4 is 20.9 Å². The van der Waals surface area contributed by atoms with Crippen LogP contribution in [0.2, 0.25) is 0 Å². The topological polar surface area (TPSA) is 206 Å². The van der Waals surface area contributed by atoms with Gasteiger partial charge in [-0.3, -0.25) is 43.6 Å². The predicted molar refractivity (Wildman–Crippen MR) is 242 cm³/mol. The van der Waals surface area contributed by atoms with Gasteiger partial charge in [0.15, 0.2) is 5.82 Å².